The van der Waals surface area contributed by atoms with Crippen LogP contribution in [0.5, 0.6) is 0 Å². The van der Waals surface area contributed by atoms with E-state index in [1.807, 2.05) is 29.7 Å². The monoisotopic (exact) mass is 278 g/mol. The van der Waals surface area contributed by atoms with Gasteiger partial charge < -0.3 is 4.57 Å². The zero-order valence-corrected chi connectivity index (χ0v) is 11.4. The van der Waals surface area contributed by atoms with Crippen LogP contribution >= 0.6 is 23.4 Å². The summed E-state index contributed by atoms with van der Waals surface area (Å²) in [5, 5.41) is 1.66. The van der Waals surface area contributed by atoms with E-state index in [0.717, 1.165) is 45.6 Å². The van der Waals surface area contributed by atoms with E-state index in [9.17, 15) is 4.79 Å². The molecule has 1 aromatic heterocycles. The first-order valence-corrected chi connectivity index (χ1v) is 7.02. The number of thioether (sulfide) groups is 1. The van der Waals surface area contributed by atoms with Crippen molar-refractivity contribution in [1.82, 2.24) is 9.55 Å². The summed E-state index contributed by atoms with van der Waals surface area (Å²) < 4.78 is 1.98. The molecule has 0 saturated heterocycles. The van der Waals surface area contributed by atoms with Gasteiger partial charge in [0.05, 0.1) is 0 Å². The summed E-state index contributed by atoms with van der Waals surface area (Å²) >= 11 is 7.70. The molecule has 2 aromatic rings. The number of hydrogen-bond acceptors (Lipinski definition) is 3. The SMILES string of the molecule is Cc1cc(-c2nc3n(c2C=O)CCS3)ccc1Cl. The smallest absolute Gasteiger partial charge is 0.169 e. The van der Waals surface area contributed by atoms with Gasteiger partial charge in [0.2, 0.25) is 0 Å². The van der Waals surface area contributed by atoms with Crippen LogP contribution < -0.4 is 0 Å². The summed E-state index contributed by atoms with van der Waals surface area (Å²) in [6, 6.07) is 5.72. The summed E-state index contributed by atoms with van der Waals surface area (Å²) in [4.78, 5) is 15.8. The number of aryl methyl sites for hydroxylation is 1. The van der Waals surface area contributed by atoms with E-state index in [1.54, 1.807) is 11.8 Å². The predicted molar refractivity (Wildman–Crippen MR) is 73.5 cm³/mol. The van der Waals surface area contributed by atoms with E-state index >= 15 is 0 Å². The Balaban J connectivity index is 2.17. The molecule has 3 rings (SSSR count). The maximum Gasteiger partial charge on any atom is 0.169 e. The van der Waals surface area contributed by atoms with E-state index in [0.29, 0.717) is 5.69 Å². The van der Waals surface area contributed by atoms with Gasteiger partial charge in [-0.2, -0.15) is 0 Å². The van der Waals surface area contributed by atoms with Crippen LogP contribution in [0.15, 0.2) is 23.4 Å². The number of imidazole rings is 1. The average Bonchev–Trinajstić information content (AvgIpc) is 2.92. The number of halogens is 1. The normalized spacial score (nSPS) is 13.7. The van der Waals surface area contributed by atoms with E-state index < -0.39 is 0 Å². The first kappa shape index (κ1) is 11.8. The maximum atomic E-state index is 11.3. The quantitative estimate of drug-likeness (QED) is 0.790. The molecular formula is C13H11ClN2OS. The fourth-order valence-electron chi connectivity index (χ4n) is 2.12. The number of aromatic nitrogens is 2. The van der Waals surface area contributed by atoms with Crippen molar-refractivity contribution in [2.24, 2.45) is 0 Å². The third kappa shape index (κ3) is 1.76. The molecule has 0 bridgehead atoms. The van der Waals surface area contributed by atoms with Crippen molar-refractivity contribution in [3.8, 4) is 11.3 Å². The van der Waals surface area contributed by atoms with Crippen molar-refractivity contribution < 1.29 is 4.79 Å². The van der Waals surface area contributed by atoms with E-state index in [-0.39, 0.29) is 0 Å². The van der Waals surface area contributed by atoms with Gasteiger partial charge in [-0.15, -0.1) is 0 Å². The minimum atomic E-state index is 0.664. The van der Waals surface area contributed by atoms with Crippen LogP contribution in [-0.4, -0.2) is 21.6 Å². The molecule has 1 aromatic carbocycles. The molecule has 3 nitrogen and oxygen atoms in total. The summed E-state index contributed by atoms with van der Waals surface area (Å²) in [6.45, 7) is 2.80. The average molecular weight is 279 g/mol. The first-order valence-electron chi connectivity index (χ1n) is 5.65. The van der Waals surface area contributed by atoms with Crippen molar-refractivity contribution in [3.63, 3.8) is 0 Å². The molecular weight excluding hydrogens is 268 g/mol. The topological polar surface area (TPSA) is 34.9 Å². The molecule has 0 N–H and O–H groups in total. The standard InChI is InChI=1S/C13H11ClN2OS/c1-8-6-9(2-3-10(8)14)12-11(7-17)16-4-5-18-13(16)15-12/h2-3,6-7H,4-5H2,1H3. The zero-order valence-electron chi connectivity index (χ0n) is 9.81. The number of nitrogens with zero attached hydrogens (tertiary/aromatic N) is 2. The van der Waals surface area contributed by atoms with Crippen LogP contribution in [0.4, 0.5) is 0 Å². The lowest BCUT2D eigenvalue weighted by atomic mass is 10.1. The van der Waals surface area contributed by atoms with Gasteiger partial charge in [0.25, 0.3) is 0 Å². The Morgan fingerprint density at radius 3 is 3.06 bits per heavy atom. The fraction of sp³-hybridized carbons (Fsp3) is 0.231. The molecule has 92 valence electrons. The van der Waals surface area contributed by atoms with E-state index in [1.165, 1.54) is 0 Å². The molecule has 0 saturated carbocycles. The summed E-state index contributed by atoms with van der Waals surface area (Å²) in [5.41, 5.74) is 3.36. The Morgan fingerprint density at radius 2 is 2.33 bits per heavy atom. The van der Waals surface area contributed by atoms with Crippen molar-refractivity contribution in [3.05, 3.63) is 34.5 Å². The Bertz CT molecular complexity index is 636. The maximum absolute atomic E-state index is 11.3. The van der Waals surface area contributed by atoms with Gasteiger partial charge in [-0.3, -0.25) is 4.79 Å². The largest absolute Gasteiger partial charge is 0.315 e. The van der Waals surface area contributed by atoms with Gasteiger partial charge >= 0.3 is 0 Å². The van der Waals surface area contributed by atoms with Crippen molar-refractivity contribution >= 4 is 29.6 Å². The number of carbonyl (C=O) groups is 1. The highest BCUT2D eigenvalue weighted by Crippen LogP contribution is 2.33. The predicted octanol–water partition coefficient (Wildman–Crippen LogP) is 3.43. The summed E-state index contributed by atoms with van der Waals surface area (Å²) in [7, 11) is 0. The third-order valence-corrected chi connectivity index (χ3v) is 4.44. The number of benzene rings is 1. The molecule has 0 spiro atoms. The van der Waals surface area contributed by atoms with Crippen molar-refractivity contribution in [2.75, 3.05) is 5.75 Å². The third-order valence-electron chi connectivity index (χ3n) is 3.06. The highest BCUT2D eigenvalue weighted by atomic mass is 35.5. The first-order chi connectivity index (χ1) is 8.70. The van der Waals surface area contributed by atoms with Crippen LogP contribution in [0.2, 0.25) is 5.02 Å². The fourth-order valence-corrected chi connectivity index (χ4v) is 3.20. The number of aldehydes is 1. The lowest BCUT2D eigenvalue weighted by Gasteiger charge is -2.03. The van der Waals surface area contributed by atoms with Crippen LogP contribution in [0.25, 0.3) is 11.3 Å². The number of hydrogen-bond donors (Lipinski definition) is 0. The van der Waals surface area contributed by atoms with Crippen LogP contribution in [0.3, 0.4) is 0 Å². The van der Waals surface area contributed by atoms with Crippen LogP contribution in [0, 0.1) is 6.92 Å². The lowest BCUT2D eigenvalue weighted by Crippen LogP contribution is -2.00. The van der Waals surface area contributed by atoms with E-state index in [2.05, 4.69) is 4.98 Å². The summed E-state index contributed by atoms with van der Waals surface area (Å²) in [5.74, 6) is 0.989. The van der Waals surface area contributed by atoms with Crippen molar-refractivity contribution in [2.45, 2.75) is 18.6 Å². The molecule has 0 unspecified atom stereocenters. The second-order valence-electron chi connectivity index (χ2n) is 4.21. The molecule has 1 aliphatic heterocycles. The Morgan fingerprint density at radius 1 is 1.50 bits per heavy atom. The molecule has 0 amide bonds. The van der Waals surface area contributed by atoms with Gasteiger partial charge in [0, 0.05) is 22.9 Å². The second-order valence-corrected chi connectivity index (χ2v) is 5.68. The van der Waals surface area contributed by atoms with Gasteiger partial charge in [-0.05, 0) is 24.6 Å². The molecule has 0 aliphatic carbocycles. The van der Waals surface area contributed by atoms with Gasteiger partial charge in [0.15, 0.2) is 11.4 Å². The minimum Gasteiger partial charge on any atom is -0.315 e. The van der Waals surface area contributed by atoms with Gasteiger partial charge in [-0.1, -0.05) is 29.4 Å². The Kier molecular flexibility index (Phi) is 2.92. The molecule has 0 atom stereocenters. The highest BCUT2D eigenvalue weighted by molar-refractivity contribution is 7.99. The van der Waals surface area contributed by atoms with Crippen LogP contribution in [-0.2, 0) is 6.54 Å². The number of fused-ring (bicyclic) bond motifs is 1. The van der Waals surface area contributed by atoms with Gasteiger partial charge in [0.1, 0.15) is 11.4 Å². The number of rotatable bonds is 2. The summed E-state index contributed by atoms with van der Waals surface area (Å²) in [6.07, 6.45) is 0.891. The molecule has 2 heterocycles. The molecule has 5 heteroatoms. The minimum absolute atomic E-state index is 0.664. The van der Waals surface area contributed by atoms with E-state index in [4.69, 9.17) is 11.6 Å². The Labute approximate surface area is 114 Å². The lowest BCUT2D eigenvalue weighted by molar-refractivity contribution is 0.111. The van der Waals surface area contributed by atoms with Crippen molar-refractivity contribution in [1.29, 1.82) is 0 Å². The zero-order chi connectivity index (χ0) is 12.7. The second kappa shape index (κ2) is 4.44. The highest BCUT2D eigenvalue weighted by Gasteiger charge is 2.22. The molecule has 18 heavy (non-hydrogen) atoms. The molecule has 1 aliphatic rings. The molecule has 0 radical (unpaired) electrons. The molecule has 0 fully saturated rings. The Hall–Kier alpha value is -1.26. The number of carbonyl (C=O) groups excluding carboxylic acids is 1. The van der Waals surface area contributed by atoms with Gasteiger partial charge in [-0.25, -0.2) is 4.98 Å². The van der Waals surface area contributed by atoms with Crippen LogP contribution in [0.1, 0.15) is 16.1 Å².